The van der Waals surface area contributed by atoms with Gasteiger partial charge in [0.15, 0.2) is 0 Å². The summed E-state index contributed by atoms with van der Waals surface area (Å²) in [6.07, 6.45) is 4.13. The van der Waals surface area contributed by atoms with E-state index in [1.165, 1.54) is 0 Å². The van der Waals surface area contributed by atoms with Crippen molar-refractivity contribution in [2.24, 2.45) is 0 Å². The van der Waals surface area contributed by atoms with Crippen LogP contribution in [0, 0.1) is 13.8 Å². The molecule has 0 saturated carbocycles. The number of nitrogens with one attached hydrogen (secondary N) is 1. The standard InChI is InChI=1S/C18H28N2O3/c1-13-7-8-16(17(22)14(13)2)18(23)19-9-3-4-10-20-11-5-6-15(20)12-21/h7-8,15,21-22H,3-6,9-12H2,1-2H3,(H,19,23). The predicted molar refractivity (Wildman–Crippen MR) is 90.8 cm³/mol. The first kappa shape index (κ1) is 17.8. The zero-order valence-electron chi connectivity index (χ0n) is 14.1. The van der Waals surface area contributed by atoms with E-state index < -0.39 is 0 Å². The third kappa shape index (κ3) is 4.45. The lowest BCUT2D eigenvalue weighted by molar-refractivity contribution is 0.0949. The van der Waals surface area contributed by atoms with Crippen molar-refractivity contribution >= 4 is 5.91 Å². The molecule has 0 aromatic heterocycles. The van der Waals surface area contributed by atoms with Crippen molar-refractivity contribution in [3.05, 3.63) is 28.8 Å². The molecule has 1 aromatic carbocycles. The lowest BCUT2D eigenvalue weighted by atomic mass is 10.0. The first-order valence-corrected chi connectivity index (χ1v) is 8.47. The molecule has 128 valence electrons. The van der Waals surface area contributed by atoms with Crippen molar-refractivity contribution < 1.29 is 15.0 Å². The molecule has 0 spiro atoms. The van der Waals surface area contributed by atoms with Gasteiger partial charge in [0.25, 0.3) is 5.91 Å². The number of aliphatic hydroxyl groups excluding tert-OH is 1. The number of hydrogen-bond donors (Lipinski definition) is 3. The number of rotatable bonds is 7. The maximum atomic E-state index is 12.1. The van der Waals surface area contributed by atoms with E-state index >= 15 is 0 Å². The third-order valence-corrected chi connectivity index (χ3v) is 4.81. The van der Waals surface area contributed by atoms with Crippen molar-refractivity contribution in [3.8, 4) is 5.75 Å². The minimum absolute atomic E-state index is 0.0744. The largest absolute Gasteiger partial charge is 0.507 e. The Morgan fingerprint density at radius 1 is 1.35 bits per heavy atom. The highest BCUT2D eigenvalue weighted by Gasteiger charge is 2.22. The first-order chi connectivity index (χ1) is 11.0. The van der Waals surface area contributed by atoms with Gasteiger partial charge in [0, 0.05) is 12.6 Å². The second-order valence-electron chi connectivity index (χ2n) is 6.38. The van der Waals surface area contributed by atoms with Crippen LogP contribution in [0.2, 0.25) is 0 Å². The van der Waals surface area contributed by atoms with E-state index in [4.69, 9.17) is 0 Å². The van der Waals surface area contributed by atoms with Crippen molar-refractivity contribution in [2.45, 2.75) is 45.6 Å². The van der Waals surface area contributed by atoms with E-state index in [1.807, 2.05) is 19.9 Å². The Morgan fingerprint density at radius 2 is 2.13 bits per heavy atom. The molecule has 1 aliphatic heterocycles. The van der Waals surface area contributed by atoms with E-state index in [0.717, 1.165) is 49.9 Å². The van der Waals surface area contributed by atoms with Crippen LogP contribution in [0.15, 0.2) is 12.1 Å². The Bertz CT molecular complexity index is 545. The zero-order valence-corrected chi connectivity index (χ0v) is 14.1. The summed E-state index contributed by atoms with van der Waals surface area (Å²) in [5, 5.41) is 22.2. The molecular formula is C18H28N2O3. The quantitative estimate of drug-likeness (QED) is 0.672. The molecule has 1 aromatic rings. The van der Waals surface area contributed by atoms with E-state index in [1.54, 1.807) is 6.07 Å². The van der Waals surface area contributed by atoms with Crippen LogP contribution in [0.3, 0.4) is 0 Å². The van der Waals surface area contributed by atoms with E-state index in [2.05, 4.69) is 10.2 Å². The second kappa shape index (κ2) is 8.31. The number of carbonyl (C=O) groups is 1. The molecule has 1 unspecified atom stereocenters. The Balaban J connectivity index is 1.72. The summed E-state index contributed by atoms with van der Waals surface area (Å²) in [7, 11) is 0. The van der Waals surface area contributed by atoms with Crippen LogP contribution in [-0.4, -0.2) is 53.3 Å². The van der Waals surface area contributed by atoms with Gasteiger partial charge in [-0.25, -0.2) is 0 Å². The smallest absolute Gasteiger partial charge is 0.255 e. The SMILES string of the molecule is Cc1ccc(C(=O)NCCCCN2CCCC2CO)c(O)c1C. The lowest BCUT2D eigenvalue weighted by Crippen LogP contribution is -2.33. The minimum atomic E-state index is -0.222. The summed E-state index contributed by atoms with van der Waals surface area (Å²) in [6, 6.07) is 3.84. The highest BCUT2D eigenvalue weighted by atomic mass is 16.3. The van der Waals surface area contributed by atoms with Crippen molar-refractivity contribution in [3.63, 3.8) is 0 Å². The Hall–Kier alpha value is -1.59. The number of aliphatic hydroxyl groups is 1. The highest BCUT2D eigenvalue weighted by Crippen LogP contribution is 2.24. The van der Waals surface area contributed by atoms with E-state index in [0.29, 0.717) is 18.2 Å². The van der Waals surface area contributed by atoms with Gasteiger partial charge in [-0.3, -0.25) is 9.69 Å². The summed E-state index contributed by atoms with van der Waals surface area (Å²) >= 11 is 0. The van der Waals surface area contributed by atoms with Gasteiger partial charge in [-0.2, -0.15) is 0 Å². The van der Waals surface area contributed by atoms with Crippen LogP contribution < -0.4 is 5.32 Å². The molecule has 5 heteroatoms. The Kier molecular flexibility index (Phi) is 6.42. The number of benzene rings is 1. The summed E-state index contributed by atoms with van der Waals surface area (Å²) in [4.78, 5) is 14.5. The molecule has 1 saturated heterocycles. The van der Waals surface area contributed by atoms with Gasteiger partial charge in [0.1, 0.15) is 5.75 Å². The zero-order chi connectivity index (χ0) is 16.8. The fraction of sp³-hybridized carbons (Fsp3) is 0.611. The monoisotopic (exact) mass is 320 g/mol. The van der Waals surface area contributed by atoms with Crippen molar-refractivity contribution in [1.29, 1.82) is 0 Å². The number of nitrogens with zero attached hydrogens (tertiary/aromatic N) is 1. The summed E-state index contributed by atoms with van der Waals surface area (Å²) in [6.45, 7) is 6.60. The third-order valence-electron chi connectivity index (χ3n) is 4.81. The summed E-state index contributed by atoms with van der Waals surface area (Å²) in [5.74, 6) is -0.148. The van der Waals surface area contributed by atoms with Gasteiger partial charge in [-0.1, -0.05) is 6.07 Å². The summed E-state index contributed by atoms with van der Waals surface area (Å²) in [5.41, 5.74) is 2.07. The van der Waals surface area contributed by atoms with Crippen molar-refractivity contribution in [1.82, 2.24) is 10.2 Å². The molecule has 3 N–H and O–H groups in total. The fourth-order valence-electron chi connectivity index (χ4n) is 3.12. The van der Waals surface area contributed by atoms with Gasteiger partial charge in [0.05, 0.1) is 12.2 Å². The molecule has 1 atom stereocenters. The molecule has 0 aliphatic carbocycles. The number of likely N-dealkylation sites (tertiary alicyclic amines) is 1. The molecule has 1 aliphatic rings. The molecular weight excluding hydrogens is 292 g/mol. The van der Waals surface area contributed by atoms with Crippen LogP contribution in [0.5, 0.6) is 5.75 Å². The molecule has 23 heavy (non-hydrogen) atoms. The number of aryl methyl sites for hydroxylation is 1. The topological polar surface area (TPSA) is 72.8 Å². The number of aromatic hydroxyl groups is 1. The van der Waals surface area contributed by atoms with Crippen LogP contribution >= 0.6 is 0 Å². The average Bonchev–Trinajstić information content (AvgIpc) is 2.99. The molecule has 2 rings (SSSR count). The predicted octanol–water partition coefficient (Wildman–Crippen LogP) is 1.98. The van der Waals surface area contributed by atoms with E-state index in [-0.39, 0.29) is 18.3 Å². The molecule has 1 amide bonds. The van der Waals surface area contributed by atoms with Crippen LogP contribution in [0.4, 0.5) is 0 Å². The molecule has 1 heterocycles. The van der Waals surface area contributed by atoms with Gasteiger partial charge >= 0.3 is 0 Å². The minimum Gasteiger partial charge on any atom is -0.507 e. The fourth-order valence-corrected chi connectivity index (χ4v) is 3.12. The van der Waals surface area contributed by atoms with Gasteiger partial charge in [-0.05, 0) is 69.8 Å². The van der Waals surface area contributed by atoms with Gasteiger partial charge in [-0.15, -0.1) is 0 Å². The summed E-state index contributed by atoms with van der Waals surface area (Å²) < 4.78 is 0. The first-order valence-electron chi connectivity index (χ1n) is 8.47. The number of amides is 1. The average molecular weight is 320 g/mol. The molecule has 5 nitrogen and oxygen atoms in total. The van der Waals surface area contributed by atoms with Gasteiger partial charge < -0.3 is 15.5 Å². The second-order valence-corrected chi connectivity index (χ2v) is 6.38. The van der Waals surface area contributed by atoms with Gasteiger partial charge in [0.2, 0.25) is 0 Å². The van der Waals surface area contributed by atoms with Crippen LogP contribution in [0.25, 0.3) is 0 Å². The number of hydrogen-bond acceptors (Lipinski definition) is 4. The maximum absolute atomic E-state index is 12.1. The van der Waals surface area contributed by atoms with Crippen LogP contribution in [0.1, 0.15) is 47.2 Å². The lowest BCUT2D eigenvalue weighted by Gasteiger charge is -2.22. The highest BCUT2D eigenvalue weighted by molar-refractivity contribution is 5.97. The molecule has 0 bridgehead atoms. The molecule has 1 fully saturated rings. The maximum Gasteiger partial charge on any atom is 0.255 e. The van der Waals surface area contributed by atoms with E-state index in [9.17, 15) is 15.0 Å². The molecule has 0 radical (unpaired) electrons. The van der Waals surface area contributed by atoms with Crippen molar-refractivity contribution in [2.75, 3.05) is 26.2 Å². The Labute approximate surface area is 138 Å². The number of carbonyl (C=O) groups excluding carboxylic acids is 1. The van der Waals surface area contributed by atoms with Crippen LogP contribution in [-0.2, 0) is 0 Å². The Morgan fingerprint density at radius 3 is 2.87 bits per heavy atom. The normalized spacial score (nSPS) is 18.3. The number of phenols is 1. The number of phenolic OH excluding ortho intramolecular Hbond substituents is 1. The number of unbranched alkanes of at least 4 members (excludes halogenated alkanes) is 1.